The Balaban J connectivity index is 1.92. The Labute approximate surface area is 167 Å². The van der Waals surface area contributed by atoms with Gasteiger partial charge < -0.3 is 4.98 Å². The zero-order valence-electron chi connectivity index (χ0n) is 13.1. The van der Waals surface area contributed by atoms with Crippen molar-refractivity contribution in [3.05, 3.63) is 81.1 Å². The molecule has 0 unspecified atom stereocenters. The fourth-order valence-electron chi connectivity index (χ4n) is 2.72. The van der Waals surface area contributed by atoms with Crippen LogP contribution in [0, 0.1) is 3.57 Å². The average Bonchev–Trinajstić information content (AvgIpc) is 3.08. The summed E-state index contributed by atoms with van der Waals surface area (Å²) in [7, 11) is 0. The van der Waals surface area contributed by atoms with Gasteiger partial charge in [-0.05, 0) is 59.0 Å². The van der Waals surface area contributed by atoms with Gasteiger partial charge in [-0.1, -0.05) is 40.2 Å². The van der Waals surface area contributed by atoms with Crippen LogP contribution in [0.1, 0.15) is 0 Å². The lowest BCUT2D eigenvalue weighted by atomic mass is 10.1. The molecule has 25 heavy (non-hydrogen) atoms. The van der Waals surface area contributed by atoms with Gasteiger partial charge in [-0.25, -0.2) is 4.98 Å². The zero-order chi connectivity index (χ0) is 17.2. The number of nitrogens with one attached hydrogen (secondary N) is 1. The molecule has 3 nitrogen and oxygen atoms in total. The summed E-state index contributed by atoms with van der Waals surface area (Å²) in [5.41, 5.74) is 5.15. The number of rotatable bonds is 3. The van der Waals surface area contributed by atoms with Gasteiger partial charge in [0.1, 0.15) is 5.82 Å². The van der Waals surface area contributed by atoms with Crippen molar-refractivity contribution >= 4 is 38.5 Å². The average molecular weight is 502 g/mol. The second-order valence-corrected chi connectivity index (χ2v) is 7.73. The van der Waals surface area contributed by atoms with E-state index in [1.165, 1.54) is 3.57 Å². The quantitative estimate of drug-likeness (QED) is 0.341. The summed E-state index contributed by atoms with van der Waals surface area (Å²) in [5, 5.41) is 0. The second-order valence-electron chi connectivity index (χ2n) is 5.57. The lowest BCUT2D eigenvalue weighted by Crippen LogP contribution is -1.85. The maximum atomic E-state index is 4.89. The summed E-state index contributed by atoms with van der Waals surface area (Å²) < 4.78 is 2.22. The van der Waals surface area contributed by atoms with Crippen LogP contribution in [0.4, 0.5) is 0 Å². The molecular formula is C20H13BrIN3. The van der Waals surface area contributed by atoms with Crippen molar-refractivity contribution in [2.75, 3.05) is 0 Å². The fourth-order valence-corrected chi connectivity index (χ4v) is 3.66. The Morgan fingerprint density at radius 3 is 2.36 bits per heavy atom. The number of nitrogens with zero attached hydrogens (tertiary/aromatic N) is 2. The Hall–Kier alpha value is -1.99. The zero-order valence-corrected chi connectivity index (χ0v) is 16.8. The minimum atomic E-state index is 0.849. The monoisotopic (exact) mass is 501 g/mol. The molecule has 0 saturated carbocycles. The van der Waals surface area contributed by atoms with E-state index in [0.717, 1.165) is 38.4 Å². The van der Waals surface area contributed by atoms with Crippen molar-refractivity contribution in [2.45, 2.75) is 0 Å². The van der Waals surface area contributed by atoms with E-state index >= 15 is 0 Å². The Morgan fingerprint density at radius 2 is 1.60 bits per heavy atom. The number of aromatic nitrogens is 3. The highest BCUT2D eigenvalue weighted by Crippen LogP contribution is 2.33. The molecule has 4 aromatic rings. The number of aromatic amines is 1. The van der Waals surface area contributed by atoms with Crippen LogP contribution < -0.4 is 0 Å². The van der Waals surface area contributed by atoms with Crippen molar-refractivity contribution in [3.63, 3.8) is 0 Å². The van der Waals surface area contributed by atoms with E-state index in [0.29, 0.717) is 0 Å². The van der Waals surface area contributed by atoms with Crippen LogP contribution in [-0.4, -0.2) is 15.0 Å². The SMILES string of the molecule is Brc1cccc(-c2nc(-c3ccncc3)c(-c3cccc(I)c3)[nH]2)c1. The molecule has 0 atom stereocenters. The molecule has 0 spiro atoms. The summed E-state index contributed by atoms with van der Waals surface area (Å²) >= 11 is 5.86. The van der Waals surface area contributed by atoms with Crippen LogP contribution in [0.25, 0.3) is 33.9 Å². The summed E-state index contributed by atoms with van der Waals surface area (Å²) in [6.07, 6.45) is 3.59. The van der Waals surface area contributed by atoms with Crippen LogP contribution in [0.3, 0.4) is 0 Å². The van der Waals surface area contributed by atoms with E-state index in [1.54, 1.807) is 12.4 Å². The summed E-state index contributed by atoms with van der Waals surface area (Å²) in [4.78, 5) is 12.5. The normalized spacial score (nSPS) is 10.8. The van der Waals surface area contributed by atoms with E-state index < -0.39 is 0 Å². The molecule has 1 N–H and O–H groups in total. The molecule has 0 amide bonds. The Kier molecular flexibility index (Phi) is 4.67. The van der Waals surface area contributed by atoms with E-state index in [-0.39, 0.29) is 0 Å². The molecule has 0 saturated heterocycles. The van der Waals surface area contributed by atoms with Crippen molar-refractivity contribution in [1.82, 2.24) is 15.0 Å². The van der Waals surface area contributed by atoms with Crippen LogP contribution in [0.2, 0.25) is 0 Å². The second kappa shape index (κ2) is 7.09. The van der Waals surface area contributed by atoms with Gasteiger partial charge in [-0.15, -0.1) is 0 Å². The first-order valence-corrected chi connectivity index (χ1v) is 9.60. The topological polar surface area (TPSA) is 41.6 Å². The van der Waals surface area contributed by atoms with E-state index in [9.17, 15) is 0 Å². The number of benzene rings is 2. The third-order valence-electron chi connectivity index (χ3n) is 3.87. The van der Waals surface area contributed by atoms with Gasteiger partial charge in [0.15, 0.2) is 0 Å². The van der Waals surface area contributed by atoms with Gasteiger partial charge in [0.25, 0.3) is 0 Å². The lowest BCUT2D eigenvalue weighted by Gasteiger charge is -2.03. The molecule has 122 valence electrons. The van der Waals surface area contributed by atoms with Gasteiger partial charge in [-0.3, -0.25) is 4.98 Å². The van der Waals surface area contributed by atoms with Gasteiger partial charge in [0.2, 0.25) is 0 Å². The predicted octanol–water partition coefficient (Wildman–Crippen LogP) is 6.17. The standard InChI is InChI=1S/C20H13BrIN3/c21-16-5-1-4-15(11-16)20-24-18(13-7-9-23-10-8-13)19(25-20)14-3-2-6-17(22)12-14/h1-12H,(H,24,25). The maximum Gasteiger partial charge on any atom is 0.138 e. The van der Waals surface area contributed by atoms with Crippen LogP contribution >= 0.6 is 38.5 Å². The third kappa shape index (κ3) is 3.52. The van der Waals surface area contributed by atoms with Crippen molar-refractivity contribution in [2.24, 2.45) is 0 Å². The van der Waals surface area contributed by atoms with E-state index in [2.05, 4.69) is 84.9 Å². The van der Waals surface area contributed by atoms with E-state index in [1.807, 2.05) is 24.3 Å². The fraction of sp³-hybridized carbons (Fsp3) is 0. The molecule has 2 aromatic heterocycles. The molecule has 0 bridgehead atoms. The molecule has 0 aliphatic rings. The highest BCUT2D eigenvalue weighted by molar-refractivity contribution is 14.1. The minimum Gasteiger partial charge on any atom is -0.337 e. The summed E-state index contributed by atoms with van der Waals surface area (Å²) in [6, 6.07) is 20.5. The number of hydrogen-bond acceptors (Lipinski definition) is 2. The summed E-state index contributed by atoms with van der Waals surface area (Å²) in [5.74, 6) is 0.849. The van der Waals surface area contributed by atoms with Gasteiger partial charge in [-0.2, -0.15) is 0 Å². The van der Waals surface area contributed by atoms with Crippen LogP contribution in [0.15, 0.2) is 77.5 Å². The van der Waals surface area contributed by atoms with Crippen molar-refractivity contribution in [3.8, 4) is 33.9 Å². The number of pyridine rings is 1. The largest absolute Gasteiger partial charge is 0.337 e. The number of hydrogen-bond donors (Lipinski definition) is 1. The molecule has 2 aromatic carbocycles. The van der Waals surface area contributed by atoms with Gasteiger partial charge in [0.05, 0.1) is 11.4 Å². The van der Waals surface area contributed by atoms with Crippen LogP contribution in [0.5, 0.6) is 0 Å². The molecule has 2 heterocycles. The smallest absolute Gasteiger partial charge is 0.138 e. The number of halogens is 2. The predicted molar refractivity (Wildman–Crippen MR) is 113 cm³/mol. The Morgan fingerprint density at radius 1 is 0.840 bits per heavy atom. The van der Waals surface area contributed by atoms with Crippen molar-refractivity contribution < 1.29 is 0 Å². The molecular weight excluding hydrogens is 489 g/mol. The first-order chi connectivity index (χ1) is 12.2. The van der Waals surface area contributed by atoms with Crippen molar-refractivity contribution in [1.29, 1.82) is 0 Å². The first kappa shape index (κ1) is 16.5. The molecule has 0 aliphatic carbocycles. The maximum absolute atomic E-state index is 4.89. The van der Waals surface area contributed by atoms with Gasteiger partial charge >= 0.3 is 0 Å². The molecule has 0 aliphatic heterocycles. The lowest BCUT2D eigenvalue weighted by molar-refractivity contribution is 1.30. The molecule has 5 heteroatoms. The van der Waals surface area contributed by atoms with E-state index in [4.69, 9.17) is 4.98 Å². The highest BCUT2D eigenvalue weighted by atomic mass is 127. The van der Waals surface area contributed by atoms with Gasteiger partial charge in [0, 0.05) is 37.1 Å². The molecule has 4 rings (SSSR count). The third-order valence-corrected chi connectivity index (χ3v) is 5.03. The molecule has 0 fully saturated rings. The number of H-pyrrole nitrogens is 1. The molecule has 0 radical (unpaired) electrons. The Bertz CT molecular complexity index is 1030. The minimum absolute atomic E-state index is 0.849. The van der Waals surface area contributed by atoms with Crippen LogP contribution in [-0.2, 0) is 0 Å². The first-order valence-electron chi connectivity index (χ1n) is 7.73. The highest BCUT2D eigenvalue weighted by Gasteiger charge is 2.15. The summed E-state index contributed by atoms with van der Waals surface area (Å²) in [6.45, 7) is 0. The number of imidazole rings is 1.